The van der Waals surface area contributed by atoms with Crippen LogP contribution in [0.15, 0.2) is 34.1 Å². The lowest BCUT2D eigenvalue weighted by Gasteiger charge is -2.03. The van der Waals surface area contributed by atoms with Gasteiger partial charge in [-0.2, -0.15) is 0 Å². The topological polar surface area (TPSA) is 79.3 Å². The van der Waals surface area contributed by atoms with E-state index in [1.165, 1.54) is 11.3 Å². The Morgan fingerprint density at radius 1 is 1.33 bits per heavy atom. The van der Waals surface area contributed by atoms with E-state index in [0.717, 1.165) is 10.2 Å². The fourth-order valence-corrected chi connectivity index (χ4v) is 2.91. The molecule has 0 saturated carbocycles. The average molecular weight is 369 g/mol. The van der Waals surface area contributed by atoms with Gasteiger partial charge in [0.05, 0.1) is 11.3 Å². The van der Waals surface area contributed by atoms with Gasteiger partial charge >= 0.3 is 5.97 Å². The highest BCUT2D eigenvalue weighted by Gasteiger charge is 2.11. The van der Waals surface area contributed by atoms with Crippen LogP contribution in [0.5, 0.6) is 0 Å². The zero-order chi connectivity index (χ0) is 15.2. The molecule has 110 valence electrons. The Morgan fingerprint density at radius 2 is 2.10 bits per heavy atom. The molecule has 0 aliphatic carbocycles. The Hall–Kier alpha value is -1.73. The van der Waals surface area contributed by atoms with Crippen LogP contribution < -0.4 is 5.32 Å². The fraction of sp³-hybridized carbons (Fsp3) is 0.214. The molecule has 0 fully saturated rings. The summed E-state index contributed by atoms with van der Waals surface area (Å²) in [6.45, 7) is 0. The fourth-order valence-electron chi connectivity index (χ4n) is 1.71. The Morgan fingerprint density at radius 3 is 2.81 bits per heavy atom. The summed E-state index contributed by atoms with van der Waals surface area (Å²) in [5, 5.41) is 13.7. The van der Waals surface area contributed by atoms with Crippen molar-refractivity contribution in [2.24, 2.45) is 0 Å². The summed E-state index contributed by atoms with van der Waals surface area (Å²) in [4.78, 5) is 26.8. The smallest absolute Gasteiger partial charge is 0.303 e. The number of carboxylic acid groups (broad SMARTS) is 1. The molecule has 2 aromatic rings. The summed E-state index contributed by atoms with van der Waals surface area (Å²) in [5.74, 6) is -1.04. The second kappa shape index (κ2) is 7.33. The van der Waals surface area contributed by atoms with Gasteiger partial charge in [0.25, 0.3) is 5.91 Å². The van der Waals surface area contributed by atoms with Crippen LogP contribution in [-0.2, 0) is 11.2 Å². The largest absolute Gasteiger partial charge is 0.481 e. The van der Waals surface area contributed by atoms with Crippen LogP contribution >= 0.6 is 27.3 Å². The van der Waals surface area contributed by atoms with Crippen molar-refractivity contribution in [2.75, 3.05) is 5.32 Å². The minimum atomic E-state index is -0.812. The molecule has 0 bridgehead atoms. The number of aliphatic carboxylic acids is 1. The second-order valence-electron chi connectivity index (χ2n) is 4.33. The molecular formula is C14H13BrN2O3S. The molecule has 1 aromatic carbocycles. The van der Waals surface area contributed by atoms with Gasteiger partial charge < -0.3 is 5.11 Å². The van der Waals surface area contributed by atoms with E-state index in [-0.39, 0.29) is 12.3 Å². The number of carbonyl (C=O) groups is 2. The van der Waals surface area contributed by atoms with Crippen LogP contribution in [0.1, 0.15) is 28.9 Å². The van der Waals surface area contributed by atoms with Gasteiger partial charge in [0, 0.05) is 16.3 Å². The number of thiazole rings is 1. The highest BCUT2D eigenvalue weighted by atomic mass is 79.9. The maximum Gasteiger partial charge on any atom is 0.303 e. The van der Waals surface area contributed by atoms with Crippen LogP contribution in [-0.4, -0.2) is 22.0 Å². The van der Waals surface area contributed by atoms with E-state index in [2.05, 4.69) is 26.2 Å². The number of carbonyl (C=O) groups excluding carboxylic acids is 1. The molecule has 7 heteroatoms. The zero-order valence-corrected chi connectivity index (χ0v) is 13.4. The number of carboxylic acids is 1. The number of nitrogens with zero attached hydrogens (tertiary/aromatic N) is 1. The SMILES string of the molecule is O=C(O)CCCc1csc(NC(=O)c2ccccc2Br)n1. The first kappa shape index (κ1) is 15.7. The molecule has 0 atom stereocenters. The Balaban J connectivity index is 1.95. The summed E-state index contributed by atoms with van der Waals surface area (Å²) in [7, 11) is 0. The molecule has 0 aliphatic heterocycles. The van der Waals surface area contributed by atoms with Crippen molar-refractivity contribution in [1.29, 1.82) is 0 Å². The third kappa shape index (κ3) is 4.64. The van der Waals surface area contributed by atoms with Gasteiger partial charge in [-0.15, -0.1) is 11.3 Å². The summed E-state index contributed by atoms with van der Waals surface area (Å²) in [6, 6.07) is 7.15. The van der Waals surface area contributed by atoms with Gasteiger partial charge in [-0.3, -0.25) is 14.9 Å². The second-order valence-corrected chi connectivity index (χ2v) is 6.04. The van der Waals surface area contributed by atoms with E-state index in [4.69, 9.17) is 5.11 Å². The number of anilines is 1. The van der Waals surface area contributed by atoms with E-state index in [0.29, 0.717) is 23.5 Å². The van der Waals surface area contributed by atoms with Gasteiger partial charge in [-0.1, -0.05) is 12.1 Å². The van der Waals surface area contributed by atoms with E-state index >= 15 is 0 Å². The van der Waals surface area contributed by atoms with Crippen LogP contribution in [0.2, 0.25) is 0 Å². The molecule has 0 saturated heterocycles. The highest BCUT2D eigenvalue weighted by Crippen LogP contribution is 2.20. The van der Waals surface area contributed by atoms with Crippen LogP contribution in [0.3, 0.4) is 0 Å². The molecule has 1 heterocycles. The summed E-state index contributed by atoms with van der Waals surface area (Å²) in [6.07, 6.45) is 1.25. The van der Waals surface area contributed by atoms with Crippen LogP contribution in [0.25, 0.3) is 0 Å². The third-order valence-corrected chi connectivity index (χ3v) is 4.21. The third-order valence-electron chi connectivity index (χ3n) is 2.71. The molecule has 2 rings (SSSR count). The number of benzene rings is 1. The van der Waals surface area contributed by atoms with Crippen molar-refractivity contribution in [3.8, 4) is 0 Å². The van der Waals surface area contributed by atoms with Gasteiger partial charge in [0.15, 0.2) is 5.13 Å². The molecule has 21 heavy (non-hydrogen) atoms. The van der Waals surface area contributed by atoms with E-state index < -0.39 is 5.97 Å². The van der Waals surface area contributed by atoms with E-state index in [1.807, 2.05) is 11.4 Å². The van der Waals surface area contributed by atoms with Crippen LogP contribution in [0.4, 0.5) is 5.13 Å². The molecule has 1 amide bonds. The van der Waals surface area contributed by atoms with Crippen molar-refractivity contribution in [2.45, 2.75) is 19.3 Å². The van der Waals surface area contributed by atoms with Gasteiger partial charge in [-0.05, 0) is 40.9 Å². The maximum absolute atomic E-state index is 12.1. The lowest BCUT2D eigenvalue weighted by atomic mass is 10.2. The Bertz CT molecular complexity index is 657. The van der Waals surface area contributed by atoms with E-state index in [9.17, 15) is 9.59 Å². The number of amides is 1. The quantitative estimate of drug-likeness (QED) is 0.816. The molecular weight excluding hydrogens is 356 g/mol. The monoisotopic (exact) mass is 368 g/mol. The van der Waals surface area contributed by atoms with Crippen LogP contribution in [0, 0.1) is 0 Å². The zero-order valence-electron chi connectivity index (χ0n) is 11.0. The Kier molecular flexibility index (Phi) is 5.46. The first-order valence-corrected chi connectivity index (χ1v) is 7.95. The van der Waals surface area contributed by atoms with Crippen molar-refractivity contribution >= 4 is 44.3 Å². The molecule has 5 nitrogen and oxygen atoms in total. The first-order valence-electron chi connectivity index (χ1n) is 6.28. The highest BCUT2D eigenvalue weighted by molar-refractivity contribution is 9.10. The first-order chi connectivity index (χ1) is 10.1. The maximum atomic E-state index is 12.1. The Labute approximate surface area is 134 Å². The summed E-state index contributed by atoms with van der Waals surface area (Å²) >= 11 is 4.66. The number of aryl methyl sites for hydroxylation is 1. The molecule has 1 aromatic heterocycles. The number of nitrogens with one attached hydrogen (secondary N) is 1. The van der Waals surface area contributed by atoms with Gasteiger partial charge in [0.1, 0.15) is 0 Å². The standard InChI is InChI=1S/C14H13BrN2O3S/c15-11-6-2-1-5-10(11)13(20)17-14-16-9(8-21-14)4-3-7-12(18)19/h1-2,5-6,8H,3-4,7H2,(H,18,19)(H,16,17,20). The van der Waals surface area contributed by atoms with Gasteiger partial charge in [0.2, 0.25) is 0 Å². The van der Waals surface area contributed by atoms with Crippen molar-refractivity contribution in [1.82, 2.24) is 4.98 Å². The number of aromatic nitrogens is 1. The van der Waals surface area contributed by atoms with Gasteiger partial charge in [-0.25, -0.2) is 4.98 Å². The van der Waals surface area contributed by atoms with Crippen molar-refractivity contribution in [3.05, 3.63) is 45.4 Å². The number of hydrogen-bond acceptors (Lipinski definition) is 4. The lowest BCUT2D eigenvalue weighted by Crippen LogP contribution is -2.12. The summed E-state index contributed by atoms with van der Waals surface area (Å²) in [5.41, 5.74) is 1.34. The number of hydrogen-bond donors (Lipinski definition) is 2. The predicted octanol–water partition coefficient (Wildman–Crippen LogP) is 3.57. The van der Waals surface area contributed by atoms with E-state index in [1.54, 1.807) is 18.2 Å². The molecule has 0 radical (unpaired) electrons. The number of halogens is 1. The van der Waals surface area contributed by atoms with Crippen molar-refractivity contribution < 1.29 is 14.7 Å². The average Bonchev–Trinajstić information content (AvgIpc) is 2.86. The molecule has 0 unspecified atom stereocenters. The molecule has 0 aliphatic rings. The summed E-state index contributed by atoms with van der Waals surface area (Å²) < 4.78 is 0.723. The molecule has 2 N–H and O–H groups in total. The normalized spacial score (nSPS) is 10.3. The number of rotatable bonds is 6. The minimum absolute atomic E-state index is 0.121. The lowest BCUT2D eigenvalue weighted by molar-refractivity contribution is -0.137. The molecule has 0 spiro atoms. The predicted molar refractivity (Wildman–Crippen MR) is 84.8 cm³/mol. The minimum Gasteiger partial charge on any atom is -0.481 e. The van der Waals surface area contributed by atoms with Crippen molar-refractivity contribution in [3.63, 3.8) is 0 Å².